The van der Waals surface area contributed by atoms with Crippen molar-refractivity contribution in [1.82, 2.24) is 10.2 Å². The molecule has 1 aromatic carbocycles. The summed E-state index contributed by atoms with van der Waals surface area (Å²) < 4.78 is 67.3. The maximum absolute atomic E-state index is 13.1. The Bertz CT molecular complexity index is 969. The summed E-state index contributed by atoms with van der Waals surface area (Å²) in [7, 11) is 1.42. The zero-order valence-electron chi connectivity index (χ0n) is 20.4. The first-order valence-corrected chi connectivity index (χ1v) is 11.6. The van der Waals surface area contributed by atoms with E-state index in [9.17, 15) is 32.7 Å². The number of alkyl halides is 4. The third kappa shape index (κ3) is 6.57. The van der Waals surface area contributed by atoms with Crippen LogP contribution in [0.5, 0.6) is 11.5 Å². The fraction of sp³-hybridized carbons (Fsp3) is 0.667. The number of methoxy groups -OCH3 is 1. The van der Waals surface area contributed by atoms with Crippen LogP contribution in [0.1, 0.15) is 45.1 Å². The fourth-order valence-corrected chi connectivity index (χ4v) is 4.42. The summed E-state index contributed by atoms with van der Waals surface area (Å²) in [6, 6.07) is 6.47. The van der Waals surface area contributed by atoms with Gasteiger partial charge in [-0.3, -0.25) is 9.69 Å². The number of aliphatic hydroxyl groups excluding tert-OH is 1. The number of benzene rings is 1. The van der Waals surface area contributed by atoms with E-state index in [4.69, 9.17) is 9.47 Å². The Balaban J connectivity index is 1.72. The second-order valence-corrected chi connectivity index (χ2v) is 9.79. The molecule has 2 aliphatic rings. The first-order valence-electron chi connectivity index (χ1n) is 11.6. The number of hydrogen-bond acceptors (Lipinski definition) is 7. The van der Waals surface area contributed by atoms with Gasteiger partial charge in [-0.05, 0) is 44.4 Å². The van der Waals surface area contributed by atoms with Gasteiger partial charge in [0.15, 0.2) is 17.7 Å². The topological polar surface area (TPSA) is 104 Å². The van der Waals surface area contributed by atoms with Crippen molar-refractivity contribution in [2.75, 3.05) is 26.8 Å². The van der Waals surface area contributed by atoms with E-state index in [-0.39, 0.29) is 56.9 Å². The van der Waals surface area contributed by atoms with Crippen molar-refractivity contribution < 1.29 is 41.7 Å². The molecule has 0 radical (unpaired) electrons. The van der Waals surface area contributed by atoms with Gasteiger partial charge in [0.2, 0.25) is 5.92 Å². The van der Waals surface area contributed by atoms with E-state index < -0.39 is 41.7 Å². The number of ether oxygens (including phenoxy) is 3. The highest BCUT2D eigenvalue weighted by atomic mass is 19.3. The van der Waals surface area contributed by atoms with Gasteiger partial charge in [-0.1, -0.05) is 6.07 Å². The van der Waals surface area contributed by atoms with Gasteiger partial charge in [0.1, 0.15) is 5.72 Å². The third-order valence-electron chi connectivity index (χ3n) is 6.74. The SMILES string of the molecule is COC(C)(C)NC(=O)C(O)N1CCC(C#N)(c2ccc(OC(F)F)c(OCC3CC(F)(F)C3)c2)CC1. The monoisotopic (exact) mass is 517 g/mol. The largest absolute Gasteiger partial charge is 0.489 e. The lowest BCUT2D eigenvalue weighted by Crippen LogP contribution is -2.56. The molecular weight excluding hydrogens is 486 g/mol. The minimum Gasteiger partial charge on any atom is -0.489 e. The van der Waals surface area contributed by atoms with Gasteiger partial charge in [-0.25, -0.2) is 8.78 Å². The number of carbonyl (C=O) groups excluding carboxylic acids is 1. The number of aliphatic hydroxyl groups is 1. The summed E-state index contributed by atoms with van der Waals surface area (Å²) in [5, 5.41) is 23.1. The Labute approximate surface area is 207 Å². The lowest BCUT2D eigenvalue weighted by atomic mass is 9.74. The number of rotatable bonds is 10. The number of nitrogens with zero attached hydrogens (tertiary/aromatic N) is 2. The molecule has 2 N–H and O–H groups in total. The number of halogens is 4. The van der Waals surface area contributed by atoms with E-state index in [1.165, 1.54) is 30.2 Å². The van der Waals surface area contributed by atoms with Crippen LogP contribution in [-0.4, -0.2) is 67.2 Å². The van der Waals surface area contributed by atoms with E-state index >= 15 is 0 Å². The van der Waals surface area contributed by atoms with Crippen LogP contribution in [-0.2, 0) is 14.9 Å². The number of nitriles is 1. The van der Waals surface area contributed by atoms with Crippen molar-refractivity contribution in [3.05, 3.63) is 23.8 Å². The molecule has 8 nitrogen and oxygen atoms in total. The molecule has 3 rings (SSSR count). The molecule has 1 saturated carbocycles. The van der Waals surface area contributed by atoms with Crippen molar-refractivity contribution >= 4 is 5.91 Å². The summed E-state index contributed by atoms with van der Waals surface area (Å²) in [4.78, 5) is 13.9. The van der Waals surface area contributed by atoms with Crippen molar-refractivity contribution in [2.24, 2.45) is 5.92 Å². The fourth-order valence-electron chi connectivity index (χ4n) is 4.42. The first-order chi connectivity index (χ1) is 16.8. The maximum Gasteiger partial charge on any atom is 0.387 e. The molecule has 1 heterocycles. The molecule has 2 fully saturated rings. The van der Waals surface area contributed by atoms with Crippen LogP contribution in [0.25, 0.3) is 0 Å². The second-order valence-electron chi connectivity index (χ2n) is 9.79. The molecule has 200 valence electrons. The summed E-state index contributed by atoms with van der Waals surface area (Å²) in [6.45, 7) is 0.467. The van der Waals surface area contributed by atoms with Crippen LogP contribution in [0, 0.1) is 17.2 Å². The summed E-state index contributed by atoms with van der Waals surface area (Å²) in [6.07, 6.45) is -1.65. The summed E-state index contributed by atoms with van der Waals surface area (Å²) in [5.41, 5.74) is -1.53. The van der Waals surface area contributed by atoms with Crippen molar-refractivity contribution in [3.8, 4) is 17.6 Å². The predicted molar refractivity (Wildman–Crippen MR) is 120 cm³/mol. The van der Waals surface area contributed by atoms with Gasteiger partial charge < -0.3 is 24.6 Å². The highest BCUT2D eigenvalue weighted by molar-refractivity contribution is 5.80. The molecule has 0 bridgehead atoms. The highest BCUT2D eigenvalue weighted by Gasteiger charge is 2.46. The Hall–Kier alpha value is -2.62. The van der Waals surface area contributed by atoms with Crippen LogP contribution in [0.3, 0.4) is 0 Å². The smallest absolute Gasteiger partial charge is 0.387 e. The summed E-state index contributed by atoms with van der Waals surface area (Å²) >= 11 is 0. The lowest BCUT2D eigenvalue weighted by molar-refractivity contribution is -0.148. The van der Waals surface area contributed by atoms with E-state index in [0.29, 0.717) is 5.56 Å². The van der Waals surface area contributed by atoms with Gasteiger partial charge in [0.05, 0.1) is 18.1 Å². The molecule has 1 aliphatic heterocycles. The van der Waals surface area contributed by atoms with Crippen molar-refractivity contribution in [2.45, 2.75) is 69.4 Å². The number of hydrogen-bond donors (Lipinski definition) is 2. The number of carbonyl (C=O) groups is 1. The normalized spacial score (nSPS) is 20.8. The predicted octanol–water partition coefficient (Wildman–Crippen LogP) is 3.39. The first kappa shape index (κ1) is 28.0. The number of likely N-dealkylation sites (tertiary alicyclic amines) is 1. The second kappa shape index (κ2) is 10.8. The minimum absolute atomic E-state index is 0.0544. The Morgan fingerprint density at radius 2 is 1.92 bits per heavy atom. The average molecular weight is 518 g/mol. The highest BCUT2D eigenvalue weighted by Crippen LogP contribution is 2.44. The van der Waals surface area contributed by atoms with Crippen LogP contribution in [0.15, 0.2) is 18.2 Å². The zero-order chi connectivity index (χ0) is 26.7. The van der Waals surface area contributed by atoms with E-state index in [1.54, 1.807) is 13.8 Å². The van der Waals surface area contributed by atoms with E-state index in [1.807, 2.05) is 0 Å². The Kier molecular flexibility index (Phi) is 8.37. The maximum atomic E-state index is 13.1. The molecule has 0 spiro atoms. The standard InChI is InChI=1S/C24H31F4N3O5/c1-22(2,34-3)30-19(32)20(33)31-8-6-23(14-29,7-9-31)16-4-5-17(36-21(25)26)18(10-16)35-13-15-11-24(27,28)12-15/h4-5,10,15,20-21,33H,6-9,11-13H2,1-3H3,(H,30,32). The van der Waals surface area contributed by atoms with Gasteiger partial charge >= 0.3 is 6.61 Å². The summed E-state index contributed by atoms with van der Waals surface area (Å²) in [5.74, 6) is -4.10. The average Bonchev–Trinajstić information content (AvgIpc) is 2.81. The molecule has 12 heteroatoms. The quantitative estimate of drug-likeness (QED) is 0.362. The van der Waals surface area contributed by atoms with Crippen LogP contribution in [0.2, 0.25) is 0 Å². The minimum atomic E-state index is -3.12. The molecule has 1 unspecified atom stereocenters. The van der Waals surface area contributed by atoms with Crippen LogP contribution < -0.4 is 14.8 Å². The van der Waals surface area contributed by atoms with Crippen molar-refractivity contribution in [1.29, 1.82) is 5.26 Å². The lowest BCUT2D eigenvalue weighted by Gasteiger charge is -2.40. The molecule has 1 aromatic rings. The van der Waals surface area contributed by atoms with Gasteiger partial charge in [0.25, 0.3) is 5.91 Å². The van der Waals surface area contributed by atoms with Gasteiger partial charge in [-0.2, -0.15) is 14.0 Å². The molecular formula is C24H31F4N3O5. The molecule has 1 atom stereocenters. The Morgan fingerprint density at radius 3 is 2.44 bits per heavy atom. The molecule has 1 amide bonds. The molecule has 36 heavy (non-hydrogen) atoms. The molecule has 1 saturated heterocycles. The van der Waals surface area contributed by atoms with Gasteiger partial charge in [0, 0.05) is 39.0 Å². The molecule has 1 aliphatic carbocycles. The van der Waals surface area contributed by atoms with Gasteiger partial charge in [-0.15, -0.1) is 0 Å². The van der Waals surface area contributed by atoms with Crippen molar-refractivity contribution in [3.63, 3.8) is 0 Å². The van der Waals surface area contributed by atoms with Crippen LogP contribution in [0.4, 0.5) is 17.6 Å². The zero-order valence-corrected chi connectivity index (χ0v) is 20.4. The number of amides is 1. The molecule has 0 aromatic heterocycles. The van der Waals surface area contributed by atoms with Crippen LogP contribution >= 0.6 is 0 Å². The van der Waals surface area contributed by atoms with E-state index in [2.05, 4.69) is 16.1 Å². The number of piperidine rings is 1. The number of nitrogens with one attached hydrogen (secondary N) is 1. The Morgan fingerprint density at radius 1 is 1.28 bits per heavy atom. The van der Waals surface area contributed by atoms with E-state index in [0.717, 1.165) is 0 Å². The third-order valence-corrected chi connectivity index (χ3v) is 6.74.